The number of nitrogens with one attached hydrogen (secondary N) is 1. The highest BCUT2D eigenvalue weighted by atomic mass is 19.4. The first-order valence-corrected chi connectivity index (χ1v) is 5.51. The lowest BCUT2D eigenvalue weighted by molar-refractivity contribution is -0.139. The van der Waals surface area contributed by atoms with Gasteiger partial charge in [-0.05, 0) is 30.0 Å². The van der Waals surface area contributed by atoms with E-state index in [-0.39, 0.29) is 5.92 Å². The Morgan fingerprint density at radius 3 is 2.33 bits per heavy atom. The Balaban J connectivity index is 2.10. The predicted molar refractivity (Wildman–Crippen MR) is 58.2 cm³/mol. The van der Waals surface area contributed by atoms with Crippen LogP contribution in [0.4, 0.5) is 13.2 Å². The molecular weight excluding hydrogens is 247 g/mol. The summed E-state index contributed by atoms with van der Waals surface area (Å²) in [6.07, 6.45) is -3.93. The van der Waals surface area contributed by atoms with Gasteiger partial charge in [-0.2, -0.15) is 13.2 Å². The smallest absolute Gasteiger partial charge is 0.416 e. The molecule has 1 aromatic rings. The van der Waals surface area contributed by atoms with E-state index in [9.17, 15) is 18.0 Å². The minimum atomic E-state index is -4.34. The summed E-state index contributed by atoms with van der Waals surface area (Å²) in [4.78, 5) is 10.8. The number of benzene rings is 1. The van der Waals surface area contributed by atoms with Gasteiger partial charge in [0.25, 0.3) is 0 Å². The molecule has 3 nitrogen and oxygen atoms in total. The monoisotopic (exact) mass is 259 g/mol. The Bertz CT molecular complexity index is 442. The second kappa shape index (κ2) is 4.61. The molecule has 0 bridgehead atoms. The highest BCUT2D eigenvalue weighted by Gasteiger charge is 2.32. The lowest BCUT2D eigenvalue weighted by atomic mass is 9.95. The third kappa shape index (κ3) is 2.64. The maximum atomic E-state index is 12.4. The van der Waals surface area contributed by atoms with Crippen LogP contribution in [-0.2, 0) is 11.0 Å². The van der Waals surface area contributed by atoms with Crippen molar-refractivity contribution in [2.75, 3.05) is 6.54 Å². The summed E-state index contributed by atoms with van der Waals surface area (Å²) >= 11 is 0. The molecule has 1 heterocycles. The van der Waals surface area contributed by atoms with E-state index in [1.807, 2.05) is 0 Å². The van der Waals surface area contributed by atoms with Crippen LogP contribution in [0.15, 0.2) is 24.3 Å². The Morgan fingerprint density at radius 1 is 1.28 bits per heavy atom. The summed E-state index contributed by atoms with van der Waals surface area (Å²) in [5.41, 5.74) is 0.0474. The van der Waals surface area contributed by atoms with Gasteiger partial charge in [0, 0.05) is 6.54 Å². The van der Waals surface area contributed by atoms with Crippen LogP contribution < -0.4 is 5.32 Å². The summed E-state index contributed by atoms with van der Waals surface area (Å²) in [5, 5.41) is 11.6. The van der Waals surface area contributed by atoms with Crippen LogP contribution in [0.5, 0.6) is 0 Å². The van der Waals surface area contributed by atoms with E-state index in [4.69, 9.17) is 5.11 Å². The first-order chi connectivity index (χ1) is 8.38. The normalized spacial score (nSPS) is 24.2. The molecule has 2 rings (SSSR count). The lowest BCUT2D eigenvalue weighted by Gasteiger charge is -2.11. The summed E-state index contributed by atoms with van der Waals surface area (Å²) in [7, 11) is 0. The quantitative estimate of drug-likeness (QED) is 0.856. The maximum Gasteiger partial charge on any atom is 0.416 e. The molecule has 98 valence electrons. The predicted octanol–water partition coefficient (Wildman–Crippen LogP) is 2.24. The van der Waals surface area contributed by atoms with Gasteiger partial charge in [-0.1, -0.05) is 12.1 Å². The van der Waals surface area contributed by atoms with Crippen molar-refractivity contribution in [3.05, 3.63) is 35.4 Å². The molecule has 18 heavy (non-hydrogen) atoms. The highest BCUT2D eigenvalue weighted by molar-refractivity contribution is 5.74. The van der Waals surface area contributed by atoms with E-state index >= 15 is 0 Å². The summed E-state index contributed by atoms with van der Waals surface area (Å²) < 4.78 is 37.1. The molecule has 1 aliphatic heterocycles. The second-order valence-electron chi connectivity index (χ2n) is 4.35. The number of halogens is 3. The number of hydrogen-bond donors (Lipinski definition) is 2. The average molecular weight is 259 g/mol. The molecule has 1 unspecified atom stereocenters. The molecule has 0 amide bonds. The first kappa shape index (κ1) is 12.9. The van der Waals surface area contributed by atoms with Crippen LogP contribution in [-0.4, -0.2) is 23.7 Å². The van der Waals surface area contributed by atoms with Crippen molar-refractivity contribution in [2.45, 2.75) is 24.6 Å². The van der Waals surface area contributed by atoms with Gasteiger partial charge in [0.1, 0.15) is 6.04 Å². The molecule has 0 aromatic heterocycles. The fourth-order valence-corrected chi connectivity index (χ4v) is 2.12. The van der Waals surface area contributed by atoms with Gasteiger partial charge in [0.2, 0.25) is 0 Å². The van der Waals surface area contributed by atoms with Gasteiger partial charge in [0.05, 0.1) is 5.56 Å². The molecule has 1 fully saturated rings. The number of alkyl halides is 3. The minimum Gasteiger partial charge on any atom is -0.480 e. The molecule has 0 radical (unpaired) electrons. The largest absolute Gasteiger partial charge is 0.480 e. The van der Waals surface area contributed by atoms with Crippen molar-refractivity contribution in [1.82, 2.24) is 5.32 Å². The van der Waals surface area contributed by atoms with Crippen molar-refractivity contribution >= 4 is 5.97 Å². The number of carboxylic acid groups (broad SMARTS) is 1. The molecule has 0 saturated carbocycles. The van der Waals surface area contributed by atoms with Crippen LogP contribution >= 0.6 is 0 Å². The standard InChI is InChI=1S/C12H12F3NO2/c13-12(14,15)9-3-1-7(2-4-9)8-5-10(11(17)18)16-6-8/h1-4,8,10,16H,5-6H2,(H,17,18)/t8?,10-/m0/s1. The van der Waals surface area contributed by atoms with E-state index in [2.05, 4.69) is 5.32 Å². The van der Waals surface area contributed by atoms with Crippen LogP contribution in [0.2, 0.25) is 0 Å². The van der Waals surface area contributed by atoms with Gasteiger partial charge in [0.15, 0.2) is 0 Å². The maximum absolute atomic E-state index is 12.4. The second-order valence-corrected chi connectivity index (χ2v) is 4.35. The summed E-state index contributed by atoms with van der Waals surface area (Å²) in [6, 6.07) is 4.28. The molecule has 0 spiro atoms. The zero-order chi connectivity index (χ0) is 13.3. The van der Waals surface area contributed by atoms with Crippen LogP contribution in [0.1, 0.15) is 23.5 Å². The van der Waals surface area contributed by atoms with Gasteiger partial charge < -0.3 is 10.4 Å². The molecule has 1 saturated heterocycles. The molecule has 2 N–H and O–H groups in total. The summed E-state index contributed by atoms with van der Waals surface area (Å²) in [5.74, 6) is -0.974. The third-order valence-electron chi connectivity index (χ3n) is 3.14. The van der Waals surface area contributed by atoms with E-state index < -0.39 is 23.8 Å². The molecule has 1 aliphatic rings. The minimum absolute atomic E-state index is 0.0478. The Morgan fingerprint density at radius 2 is 1.89 bits per heavy atom. The Labute approximate surface area is 102 Å². The zero-order valence-electron chi connectivity index (χ0n) is 9.37. The zero-order valence-corrected chi connectivity index (χ0v) is 9.37. The fourth-order valence-electron chi connectivity index (χ4n) is 2.12. The van der Waals surface area contributed by atoms with Gasteiger partial charge in [-0.25, -0.2) is 0 Å². The van der Waals surface area contributed by atoms with Crippen molar-refractivity contribution < 1.29 is 23.1 Å². The van der Waals surface area contributed by atoms with Gasteiger partial charge >= 0.3 is 12.1 Å². The van der Waals surface area contributed by atoms with E-state index in [1.54, 1.807) is 0 Å². The van der Waals surface area contributed by atoms with E-state index in [0.29, 0.717) is 13.0 Å². The highest BCUT2D eigenvalue weighted by Crippen LogP contribution is 2.32. The number of carboxylic acids is 1. The molecule has 6 heteroatoms. The molecular formula is C12H12F3NO2. The average Bonchev–Trinajstić information content (AvgIpc) is 2.77. The molecule has 2 atom stereocenters. The van der Waals surface area contributed by atoms with E-state index in [0.717, 1.165) is 17.7 Å². The topological polar surface area (TPSA) is 49.3 Å². The van der Waals surface area contributed by atoms with E-state index in [1.165, 1.54) is 12.1 Å². The lowest BCUT2D eigenvalue weighted by Crippen LogP contribution is -2.29. The van der Waals surface area contributed by atoms with Crippen LogP contribution in [0, 0.1) is 0 Å². The van der Waals surface area contributed by atoms with Crippen LogP contribution in [0.25, 0.3) is 0 Å². The first-order valence-electron chi connectivity index (χ1n) is 5.51. The number of rotatable bonds is 2. The molecule has 1 aromatic carbocycles. The Kier molecular flexibility index (Phi) is 3.30. The molecule has 0 aliphatic carbocycles. The van der Waals surface area contributed by atoms with Crippen molar-refractivity contribution in [1.29, 1.82) is 0 Å². The number of hydrogen-bond acceptors (Lipinski definition) is 2. The third-order valence-corrected chi connectivity index (χ3v) is 3.14. The number of aliphatic carboxylic acids is 1. The number of carbonyl (C=O) groups is 1. The van der Waals surface area contributed by atoms with Crippen molar-refractivity contribution in [2.24, 2.45) is 0 Å². The van der Waals surface area contributed by atoms with Gasteiger partial charge in [-0.3, -0.25) is 4.79 Å². The SMILES string of the molecule is O=C(O)[C@@H]1CC(c2ccc(C(F)(F)F)cc2)CN1. The fraction of sp³-hybridized carbons (Fsp3) is 0.417. The van der Waals surface area contributed by atoms with Crippen molar-refractivity contribution in [3.8, 4) is 0 Å². The van der Waals surface area contributed by atoms with Gasteiger partial charge in [-0.15, -0.1) is 0 Å². The van der Waals surface area contributed by atoms with Crippen molar-refractivity contribution in [3.63, 3.8) is 0 Å². The van der Waals surface area contributed by atoms with Crippen LogP contribution in [0.3, 0.4) is 0 Å². The Hall–Kier alpha value is -1.56. The summed E-state index contributed by atoms with van der Waals surface area (Å²) in [6.45, 7) is 0.475.